The van der Waals surface area contributed by atoms with Gasteiger partial charge in [-0.3, -0.25) is 19.3 Å². The van der Waals surface area contributed by atoms with Gasteiger partial charge in [-0.15, -0.1) is 12.4 Å². The van der Waals surface area contributed by atoms with Crippen LogP contribution in [0.2, 0.25) is 5.02 Å². The molecule has 0 saturated carbocycles. The third kappa shape index (κ3) is 6.42. The molecule has 39 heavy (non-hydrogen) atoms. The van der Waals surface area contributed by atoms with Gasteiger partial charge >= 0.3 is 5.97 Å². The minimum Gasteiger partial charge on any atom is -0.480 e. The average molecular weight is 590 g/mol. The number of aromatic nitrogens is 1. The van der Waals surface area contributed by atoms with E-state index in [0.29, 0.717) is 39.2 Å². The number of nitrogens with one attached hydrogen (secondary N) is 2. The first-order valence-corrected chi connectivity index (χ1v) is 13.4. The average Bonchev–Trinajstić information content (AvgIpc) is 3.21. The SMILES string of the molecule is Cc1[nH]c2ccc(S(=O)(=O)N(CC(=O)O)c3ccc(Cl)cc3)cc2c1C(=O)CCc1ccc(C(=N)N)cc1.Cl. The predicted molar refractivity (Wildman–Crippen MR) is 154 cm³/mol. The van der Waals surface area contributed by atoms with Gasteiger partial charge in [0.05, 0.1) is 10.6 Å². The fourth-order valence-electron chi connectivity index (χ4n) is 4.23. The van der Waals surface area contributed by atoms with Crippen LogP contribution in [0, 0.1) is 12.3 Å². The van der Waals surface area contributed by atoms with E-state index in [1.807, 2.05) is 12.1 Å². The fourth-order valence-corrected chi connectivity index (χ4v) is 5.80. The number of carbonyl (C=O) groups is 2. The molecule has 9 nitrogen and oxygen atoms in total. The monoisotopic (exact) mass is 588 g/mol. The highest BCUT2D eigenvalue weighted by molar-refractivity contribution is 7.92. The molecule has 12 heteroatoms. The van der Waals surface area contributed by atoms with E-state index in [9.17, 15) is 23.1 Å². The van der Waals surface area contributed by atoms with Crippen molar-refractivity contribution in [3.63, 3.8) is 0 Å². The largest absolute Gasteiger partial charge is 0.480 e. The Labute approximate surface area is 236 Å². The van der Waals surface area contributed by atoms with E-state index >= 15 is 0 Å². The molecule has 1 heterocycles. The van der Waals surface area contributed by atoms with E-state index in [4.69, 9.17) is 22.7 Å². The highest BCUT2D eigenvalue weighted by Gasteiger charge is 2.28. The maximum Gasteiger partial charge on any atom is 0.324 e. The van der Waals surface area contributed by atoms with Gasteiger partial charge in [0.2, 0.25) is 0 Å². The molecule has 0 atom stereocenters. The number of carboxylic acid groups (broad SMARTS) is 1. The molecular formula is C27H26Cl2N4O5S. The zero-order valence-electron chi connectivity index (χ0n) is 20.8. The number of nitrogen functional groups attached to an aromatic ring is 1. The second-order valence-corrected chi connectivity index (χ2v) is 11.0. The van der Waals surface area contributed by atoms with Crippen molar-refractivity contribution in [3.05, 3.63) is 94.1 Å². The number of hydrogen-bond donors (Lipinski definition) is 4. The van der Waals surface area contributed by atoms with Crippen LogP contribution in [0.4, 0.5) is 5.69 Å². The Balaban J connectivity index is 0.00000420. The van der Waals surface area contributed by atoms with Crippen LogP contribution in [-0.4, -0.2) is 42.6 Å². The van der Waals surface area contributed by atoms with Crippen LogP contribution >= 0.6 is 24.0 Å². The molecule has 4 aromatic rings. The second-order valence-electron chi connectivity index (χ2n) is 8.75. The van der Waals surface area contributed by atoms with E-state index < -0.39 is 22.5 Å². The molecule has 0 saturated heterocycles. The van der Waals surface area contributed by atoms with Crippen LogP contribution in [-0.2, 0) is 21.2 Å². The molecule has 5 N–H and O–H groups in total. The lowest BCUT2D eigenvalue weighted by Crippen LogP contribution is -2.35. The van der Waals surface area contributed by atoms with Gasteiger partial charge in [-0.25, -0.2) is 8.42 Å². The zero-order valence-corrected chi connectivity index (χ0v) is 23.2. The molecule has 0 aliphatic carbocycles. The normalized spacial score (nSPS) is 11.1. The first kappa shape index (κ1) is 29.7. The molecule has 0 bridgehead atoms. The second kappa shape index (κ2) is 11.9. The molecule has 204 valence electrons. The lowest BCUT2D eigenvalue weighted by atomic mass is 10.00. The van der Waals surface area contributed by atoms with Crippen molar-refractivity contribution in [2.45, 2.75) is 24.7 Å². The first-order chi connectivity index (χ1) is 18.0. The number of carboxylic acids is 1. The minimum absolute atomic E-state index is 0. The number of aliphatic carboxylic acids is 1. The summed E-state index contributed by atoms with van der Waals surface area (Å²) < 4.78 is 28.0. The lowest BCUT2D eigenvalue weighted by Gasteiger charge is -2.23. The van der Waals surface area contributed by atoms with Gasteiger partial charge in [0.15, 0.2) is 5.78 Å². The van der Waals surface area contributed by atoms with Crippen molar-refractivity contribution >= 4 is 68.2 Å². The Hall–Kier alpha value is -3.86. The van der Waals surface area contributed by atoms with Crippen LogP contribution in [0.5, 0.6) is 0 Å². The minimum atomic E-state index is -4.30. The molecule has 3 aromatic carbocycles. The van der Waals surface area contributed by atoms with E-state index in [0.717, 1.165) is 9.87 Å². The molecule has 0 aliphatic rings. The molecule has 0 unspecified atom stereocenters. The van der Waals surface area contributed by atoms with Gasteiger partial charge in [0, 0.05) is 39.2 Å². The number of sulfonamides is 1. The van der Waals surface area contributed by atoms with Gasteiger partial charge in [0.25, 0.3) is 10.0 Å². The van der Waals surface area contributed by atoms with Gasteiger partial charge in [0.1, 0.15) is 12.4 Å². The summed E-state index contributed by atoms with van der Waals surface area (Å²) in [4.78, 5) is 27.8. The number of nitrogens with zero attached hydrogens (tertiary/aromatic N) is 1. The van der Waals surface area contributed by atoms with E-state index in [-0.39, 0.29) is 41.0 Å². The summed E-state index contributed by atoms with van der Waals surface area (Å²) in [6.07, 6.45) is 0.629. The summed E-state index contributed by atoms with van der Waals surface area (Å²) in [7, 11) is -4.30. The number of benzene rings is 3. The van der Waals surface area contributed by atoms with Crippen LogP contribution in [0.25, 0.3) is 10.9 Å². The number of Topliss-reactive ketones (excluding diaryl/α,β-unsaturated/α-hetero) is 1. The number of aromatic amines is 1. The van der Waals surface area contributed by atoms with Gasteiger partial charge in [-0.1, -0.05) is 35.9 Å². The van der Waals surface area contributed by atoms with Gasteiger partial charge < -0.3 is 15.8 Å². The van der Waals surface area contributed by atoms with Crippen molar-refractivity contribution in [2.75, 3.05) is 10.8 Å². The summed E-state index contributed by atoms with van der Waals surface area (Å²) in [5, 5.41) is 17.7. The molecule has 1 aromatic heterocycles. The van der Waals surface area contributed by atoms with E-state index in [1.165, 1.54) is 36.4 Å². The number of H-pyrrole nitrogens is 1. The third-order valence-corrected chi connectivity index (χ3v) is 8.15. The number of amidine groups is 1. The van der Waals surface area contributed by atoms with Crippen molar-refractivity contribution in [1.29, 1.82) is 5.41 Å². The Morgan fingerprint density at radius 3 is 2.28 bits per heavy atom. The number of fused-ring (bicyclic) bond motifs is 1. The number of anilines is 1. The van der Waals surface area contributed by atoms with Crippen LogP contribution < -0.4 is 10.0 Å². The predicted octanol–water partition coefficient (Wildman–Crippen LogP) is 4.93. The summed E-state index contributed by atoms with van der Waals surface area (Å²) in [6.45, 7) is 0.954. The van der Waals surface area contributed by atoms with Crippen LogP contribution in [0.3, 0.4) is 0 Å². The maximum absolute atomic E-state index is 13.6. The highest BCUT2D eigenvalue weighted by atomic mass is 35.5. The van der Waals surface area contributed by atoms with Crippen molar-refractivity contribution in [3.8, 4) is 0 Å². The Kier molecular flexibility index (Phi) is 9.06. The number of rotatable bonds is 10. The quantitative estimate of drug-likeness (QED) is 0.117. The maximum atomic E-state index is 13.6. The van der Waals surface area contributed by atoms with Gasteiger partial charge in [-0.05, 0) is 61.4 Å². The summed E-state index contributed by atoms with van der Waals surface area (Å²) >= 11 is 5.92. The summed E-state index contributed by atoms with van der Waals surface area (Å²) in [5.41, 5.74) is 8.71. The van der Waals surface area contributed by atoms with E-state index in [1.54, 1.807) is 25.1 Å². The van der Waals surface area contributed by atoms with Crippen molar-refractivity contribution in [1.82, 2.24) is 4.98 Å². The third-order valence-electron chi connectivity index (χ3n) is 6.12. The van der Waals surface area contributed by atoms with Crippen LogP contribution in [0.1, 0.15) is 33.6 Å². The Bertz CT molecular complexity index is 1650. The molecule has 4 rings (SSSR count). The van der Waals surface area contributed by atoms with Crippen molar-refractivity contribution < 1.29 is 23.1 Å². The number of ketones is 1. The molecule has 0 spiro atoms. The Morgan fingerprint density at radius 1 is 1.05 bits per heavy atom. The zero-order chi connectivity index (χ0) is 27.6. The lowest BCUT2D eigenvalue weighted by molar-refractivity contribution is -0.135. The number of halogens is 2. The summed E-state index contributed by atoms with van der Waals surface area (Å²) in [6, 6.07) is 17.2. The highest BCUT2D eigenvalue weighted by Crippen LogP contribution is 2.30. The molecule has 0 amide bonds. The molecule has 0 aliphatic heterocycles. The first-order valence-electron chi connectivity index (χ1n) is 11.6. The number of hydrogen-bond acceptors (Lipinski definition) is 5. The van der Waals surface area contributed by atoms with Gasteiger partial charge in [-0.2, -0.15) is 0 Å². The number of carbonyl (C=O) groups excluding carboxylic acids is 1. The Morgan fingerprint density at radius 2 is 1.69 bits per heavy atom. The molecule has 0 fully saturated rings. The topological polar surface area (TPSA) is 157 Å². The fraction of sp³-hybridized carbons (Fsp3) is 0.148. The van der Waals surface area contributed by atoms with Crippen molar-refractivity contribution in [2.24, 2.45) is 5.73 Å². The number of nitrogens with two attached hydrogens (primary N) is 1. The molecular weight excluding hydrogens is 563 g/mol. The summed E-state index contributed by atoms with van der Waals surface area (Å²) in [5.74, 6) is -1.53. The number of aryl methyl sites for hydroxylation is 2. The smallest absolute Gasteiger partial charge is 0.324 e. The standard InChI is InChI=1S/C27H25ClN4O5S.ClH/c1-16-26(24(33)13-4-17-2-5-18(6-3-17)27(29)30)22-14-21(11-12-23(22)31-16)38(36,37)32(15-25(34)35)20-9-7-19(28)8-10-20;/h2-3,5-12,14,31H,4,13,15H2,1H3,(H3,29,30)(H,34,35);1H. The molecule has 0 radical (unpaired) electrons. The van der Waals surface area contributed by atoms with Crippen LogP contribution in [0.15, 0.2) is 71.6 Å². The van der Waals surface area contributed by atoms with E-state index in [2.05, 4.69) is 4.98 Å².